The van der Waals surface area contributed by atoms with E-state index in [1.165, 1.54) is 11.1 Å². The first-order valence-electron chi connectivity index (χ1n) is 8.60. The Bertz CT molecular complexity index is 656. The number of benzene rings is 2. The minimum Gasteiger partial charge on any atom is -0.489 e. The summed E-state index contributed by atoms with van der Waals surface area (Å²) in [5.74, 6) is 1.97. The predicted molar refractivity (Wildman–Crippen MR) is 99.1 cm³/mol. The lowest BCUT2D eigenvalue weighted by molar-refractivity contribution is 0.302. The first-order chi connectivity index (χ1) is 11.8. The topological polar surface area (TPSA) is 38.5 Å². The van der Waals surface area contributed by atoms with Gasteiger partial charge in [0.05, 0.1) is 0 Å². The summed E-state index contributed by atoms with van der Waals surface area (Å²) in [5.41, 5.74) is 8.67. The summed E-state index contributed by atoms with van der Waals surface area (Å²) >= 11 is 0. The Hall–Kier alpha value is -2.10. The van der Waals surface area contributed by atoms with E-state index in [0.29, 0.717) is 18.4 Å². The lowest BCUT2D eigenvalue weighted by Crippen LogP contribution is -2.23. The third-order valence-corrected chi connectivity index (χ3v) is 4.77. The van der Waals surface area contributed by atoms with E-state index in [1.54, 1.807) is 6.08 Å². The molecule has 1 fully saturated rings. The standard InChI is InChI=1S/C21H26N2O/c1-2-12-24-21-11-7-6-10-18(21)14-23-15-19(13-22)20(16-23)17-8-4-3-5-9-17/h2-11,19-20H,1,12-16,22H2/t19-,20+/m1/s1. The van der Waals surface area contributed by atoms with E-state index in [4.69, 9.17) is 10.5 Å². The monoisotopic (exact) mass is 322 g/mol. The molecule has 0 bridgehead atoms. The van der Waals surface area contributed by atoms with Gasteiger partial charge >= 0.3 is 0 Å². The van der Waals surface area contributed by atoms with Crippen LogP contribution in [0.1, 0.15) is 17.0 Å². The first-order valence-corrected chi connectivity index (χ1v) is 8.60. The Kier molecular flexibility index (Phi) is 5.68. The number of likely N-dealkylation sites (tertiary alicyclic amines) is 1. The largest absolute Gasteiger partial charge is 0.489 e. The predicted octanol–water partition coefficient (Wildman–Crippen LogP) is 3.43. The fourth-order valence-corrected chi connectivity index (χ4v) is 3.57. The number of hydrogen-bond acceptors (Lipinski definition) is 3. The number of rotatable bonds is 7. The number of hydrogen-bond donors (Lipinski definition) is 1. The van der Waals surface area contributed by atoms with Gasteiger partial charge in [0, 0.05) is 31.1 Å². The maximum Gasteiger partial charge on any atom is 0.124 e. The zero-order valence-electron chi connectivity index (χ0n) is 14.1. The molecule has 0 aliphatic carbocycles. The van der Waals surface area contributed by atoms with Gasteiger partial charge < -0.3 is 10.5 Å². The fourth-order valence-electron chi connectivity index (χ4n) is 3.57. The van der Waals surface area contributed by atoms with Crippen molar-refractivity contribution in [3.8, 4) is 5.75 Å². The maximum absolute atomic E-state index is 6.05. The highest BCUT2D eigenvalue weighted by atomic mass is 16.5. The zero-order valence-corrected chi connectivity index (χ0v) is 14.1. The van der Waals surface area contributed by atoms with E-state index < -0.39 is 0 Å². The molecule has 0 unspecified atom stereocenters. The lowest BCUT2D eigenvalue weighted by Gasteiger charge is -2.18. The molecule has 1 aliphatic heterocycles. The van der Waals surface area contributed by atoms with Crippen LogP contribution in [0.5, 0.6) is 5.75 Å². The van der Waals surface area contributed by atoms with Crippen molar-refractivity contribution in [3.05, 3.63) is 78.4 Å². The molecule has 1 saturated heterocycles. The van der Waals surface area contributed by atoms with Crippen LogP contribution in [0.3, 0.4) is 0 Å². The highest BCUT2D eigenvalue weighted by Crippen LogP contribution is 2.33. The number of para-hydroxylation sites is 1. The van der Waals surface area contributed by atoms with Crippen molar-refractivity contribution in [1.82, 2.24) is 4.90 Å². The van der Waals surface area contributed by atoms with Crippen molar-refractivity contribution in [3.63, 3.8) is 0 Å². The van der Waals surface area contributed by atoms with E-state index in [9.17, 15) is 0 Å². The Balaban J connectivity index is 1.72. The smallest absolute Gasteiger partial charge is 0.124 e. The van der Waals surface area contributed by atoms with Gasteiger partial charge in [0.25, 0.3) is 0 Å². The van der Waals surface area contributed by atoms with Crippen LogP contribution in [-0.4, -0.2) is 31.1 Å². The molecule has 1 heterocycles. The molecule has 2 aromatic carbocycles. The molecule has 1 aliphatic rings. The molecule has 3 heteroatoms. The van der Waals surface area contributed by atoms with Crippen LogP contribution in [0.2, 0.25) is 0 Å². The van der Waals surface area contributed by atoms with Crippen LogP contribution in [0.25, 0.3) is 0 Å². The van der Waals surface area contributed by atoms with E-state index in [2.05, 4.69) is 53.9 Å². The minimum atomic E-state index is 0.508. The van der Waals surface area contributed by atoms with Crippen LogP contribution in [0.4, 0.5) is 0 Å². The SMILES string of the molecule is C=CCOc1ccccc1CN1C[C@@H](CN)[C@H](c2ccccc2)C1. The molecular weight excluding hydrogens is 296 g/mol. The summed E-state index contributed by atoms with van der Waals surface area (Å²) in [5, 5.41) is 0. The summed E-state index contributed by atoms with van der Waals surface area (Å²) < 4.78 is 5.79. The van der Waals surface area contributed by atoms with Crippen molar-refractivity contribution in [1.29, 1.82) is 0 Å². The Morgan fingerprint density at radius 1 is 1.08 bits per heavy atom. The first kappa shape index (κ1) is 16.7. The van der Waals surface area contributed by atoms with Crippen LogP contribution >= 0.6 is 0 Å². The summed E-state index contributed by atoms with van der Waals surface area (Å²) in [7, 11) is 0. The highest BCUT2D eigenvalue weighted by molar-refractivity contribution is 5.33. The second-order valence-electron chi connectivity index (χ2n) is 6.41. The molecule has 2 atom stereocenters. The molecule has 2 aromatic rings. The van der Waals surface area contributed by atoms with Crippen LogP contribution in [-0.2, 0) is 6.54 Å². The van der Waals surface area contributed by atoms with Gasteiger partial charge in [-0.05, 0) is 24.1 Å². The van der Waals surface area contributed by atoms with Crippen molar-refractivity contribution in [2.75, 3.05) is 26.2 Å². The normalized spacial score (nSPS) is 20.9. The molecule has 3 nitrogen and oxygen atoms in total. The quantitative estimate of drug-likeness (QED) is 0.794. The van der Waals surface area contributed by atoms with Gasteiger partial charge in [-0.15, -0.1) is 0 Å². The molecule has 0 spiro atoms. The van der Waals surface area contributed by atoms with Crippen molar-refractivity contribution < 1.29 is 4.74 Å². The fraction of sp³-hybridized carbons (Fsp3) is 0.333. The summed E-state index contributed by atoms with van der Waals surface area (Å²) in [6.07, 6.45) is 1.78. The molecule has 24 heavy (non-hydrogen) atoms. The second kappa shape index (κ2) is 8.13. The van der Waals surface area contributed by atoms with Gasteiger partial charge in [0.1, 0.15) is 12.4 Å². The van der Waals surface area contributed by atoms with Gasteiger partial charge in [-0.2, -0.15) is 0 Å². The molecule has 3 rings (SSSR count). The van der Waals surface area contributed by atoms with Crippen molar-refractivity contribution in [2.45, 2.75) is 12.5 Å². The van der Waals surface area contributed by atoms with Gasteiger partial charge in [0.2, 0.25) is 0 Å². The van der Waals surface area contributed by atoms with E-state index in [-0.39, 0.29) is 0 Å². The molecule has 0 radical (unpaired) electrons. The highest BCUT2D eigenvalue weighted by Gasteiger charge is 2.32. The second-order valence-corrected chi connectivity index (χ2v) is 6.41. The number of nitrogens with two attached hydrogens (primary N) is 1. The van der Waals surface area contributed by atoms with Crippen molar-refractivity contribution >= 4 is 0 Å². The Labute approximate surface area is 144 Å². The average Bonchev–Trinajstić information content (AvgIpc) is 3.04. The maximum atomic E-state index is 6.05. The van der Waals surface area contributed by atoms with Crippen LogP contribution in [0.15, 0.2) is 67.3 Å². The van der Waals surface area contributed by atoms with E-state index >= 15 is 0 Å². The number of ether oxygens (including phenoxy) is 1. The summed E-state index contributed by atoms with van der Waals surface area (Å²) in [4.78, 5) is 2.49. The third kappa shape index (κ3) is 3.86. The van der Waals surface area contributed by atoms with Crippen LogP contribution < -0.4 is 10.5 Å². The molecule has 126 valence electrons. The van der Waals surface area contributed by atoms with Gasteiger partial charge in [-0.1, -0.05) is 61.2 Å². The van der Waals surface area contributed by atoms with Gasteiger partial charge in [0.15, 0.2) is 0 Å². The van der Waals surface area contributed by atoms with Gasteiger partial charge in [-0.25, -0.2) is 0 Å². The van der Waals surface area contributed by atoms with E-state index in [0.717, 1.165) is 31.9 Å². The molecule has 0 saturated carbocycles. The van der Waals surface area contributed by atoms with Crippen LogP contribution in [0, 0.1) is 5.92 Å². The van der Waals surface area contributed by atoms with E-state index in [1.807, 2.05) is 12.1 Å². The molecule has 0 aromatic heterocycles. The summed E-state index contributed by atoms with van der Waals surface area (Å²) in [6.45, 7) is 7.96. The Morgan fingerprint density at radius 2 is 1.83 bits per heavy atom. The minimum absolute atomic E-state index is 0.508. The van der Waals surface area contributed by atoms with Crippen molar-refractivity contribution in [2.24, 2.45) is 11.7 Å². The number of nitrogens with zero attached hydrogens (tertiary/aromatic N) is 1. The lowest BCUT2D eigenvalue weighted by atomic mass is 9.89. The molecule has 2 N–H and O–H groups in total. The molecular formula is C21H26N2O. The average molecular weight is 322 g/mol. The zero-order chi connectivity index (χ0) is 16.8. The Morgan fingerprint density at radius 3 is 2.58 bits per heavy atom. The molecule has 0 amide bonds. The summed E-state index contributed by atoms with van der Waals surface area (Å²) in [6, 6.07) is 19.0. The van der Waals surface area contributed by atoms with Gasteiger partial charge in [-0.3, -0.25) is 4.90 Å². The third-order valence-electron chi connectivity index (χ3n) is 4.77.